The van der Waals surface area contributed by atoms with Crippen LogP contribution in [-0.4, -0.2) is 46.3 Å². The fourth-order valence-electron chi connectivity index (χ4n) is 2.49. The summed E-state index contributed by atoms with van der Waals surface area (Å²) in [6, 6.07) is 3.81. The molecule has 1 aliphatic rings. The van der Waals surface area contributed by atoms with Crippen molar-refractivity contribution in [3.63, 3.8) is 0 Å². The van der Waals surface area contributed by atoms with Gasteiger partial charge in [0.1, 0.15) is 16.9 Å². The highest BCUT2D eigenvalue weighted by Gasteiger charge is 2.16. The van der Waals surface area contributed by atoms with Crippen LogP contribution in [0.1, 0.15) is 18.7 Å². The Hall–Kier alpha value is -2.03. The minimum absolute atomic E-state index is 0.479. The number of fused-ring (bicyclic) bond motifs is 1. The monoisotopic (exact) mass is 347 g/mol. The Labute approximate surface area is 144 Å². The molecule has 0 bridgehead atoms. The van der Waals surface area contributed by atoms with Crippen LogP contribution in [0.5, 0.6) is 0 Å². The number of anilines is 1. The molecule has 1 saturated heterocycles. The van der Waals surface area contributed by atoms with E-state index >= 15 is 0 Å². The number of ether oxygens (including phenoxy) is 1. The van der Waals surface area contributed by atoms with Crippen LogP contribution < -0.4 is 5.73 Å². The van der Waals surface area contributed by atoms with E-state index in [1.807, 2.05) is 13.8 Å². The minimum Gasteiger partial charge on any atom is -0.383 e. The first-order valence-corrected chi connectivity index (χ1v) is 8.88. The number of aromatic nitrogens is 3. The number of nitrogens with two attached hydrogens (primary N) is 1. The molecule has 4 heterocycles. The highest BCUT2D eigenvalue weighted by atomic mass is 32.1. The number of hydrogen-bond acceptors (Lipinski definition) is 8. The van der Waals surface area contributed by atoms with E-state index in [0.29, 0.717) is 17.3 Å². The molecule has 24 heavy (non-hydrogen) atoms. The lowest BCUT2D eigenvalue weighted by Crippen LogP contribution is -2.35. The van der Waals surface area contributed by atoms with Gasteiger partial charge < -0.3 is 15.0 Å². The van der Waals surface area contributed by atoms with Crippen molar-refractivity contribution in [1.29, 1.82) is 0 Å². The van der Waals surface area contributed by atoms with Crippen LogP contribution in [0, 0.1) is 0 Å². The van der Waals surface area contributed by atoms with Gasteiger partial charge in [-0.3, -0.25) is 4.90 Å². The molecule has 0 unspecified atom stereocenters. The van der Waals surface area contributed by atoms with Gasteiger partial charge in [0.15, 0.2) is 11.5 Å². The second-order valence-corrected chi connectivity index (χ2v) is 6.25. The van der Waals surface area contributed by atoms with E-state index in [-0.39, 0.29) is 0 Å². The summed E-state index contributed by atoms with van der Waals surface area (Å²) in [6.45, 7) is 8.40. The average molecular weight is 347 g/mol. The number of morpholine rings is 1. The van der Waals surface area contributed by atoms with Crippen molar-refractivity contribution in [2.75, 3.05) is 32.0 Å². The van der Waals surface area contributed by atoms with Gasteiger partial charge in [-0.25, -0.2) is 9.97 Å². The standard InChI is InChI=1S/C14H15N5O2S.C2H6/c15-12-10-7-9(8-19-2-5-20-6-3-19)22-14(10)17-13(16-12)11-1-4-21-18-11;1-2/h1,4,7H,2-3,5-6,8H2,(H2,15,16,17);1-2H3. The molecule has 4 rings (SSSR count). The molecule has 0 aliphatic carbocycles. The normalized spacial score (nSPS) is 15.2. The van der Waals surface area contributed by atoms with Gasteiger partial charge in [-0.1, -0.05) is 19.0 Å². The summed E-state index contributed by atoms with van der Waals surface area (Å²) in [5.41, 5.74) is 6.67. The van der Waals surface area contributed by atoms with Crippen molar-refractivity contribution >= 4 is 27.4 Å². The smallest absolute Gasteiger partial charge is 0.185 e. The van der Waals surface area contributed by atoms with Crippen LogP contribution >= 0.6 is 11.3 Å². The number of nitrogen functional groups attached to an aromatic ring is 1. The molecule has 2 N–H and O–H groups in total. The van der Waals surface area contributed by atoms with Crippen LogP contribution in [0.2, 0.25) is 0 Å². The van der Waals surface area contributed by atoms with Crippen LogP contribution in [-0.2, 0) is 11.3 Å². The van der Waals surface area contributed by atoms with E-state index in [0.717, 1.165) is 43.1 Å². The van der Waals surface area contributed by atoms with Crippen molar-refractivity contribution in [1.82, 2.24) is 20.0 Å². The molecule has 0 aromatic carbocycles. The van der Waals surface area contributed by atoms with Crippen LogP contribution in [0.15, 0.2) is 22.9 Å². The summed E-state index contributed by atoms with van der Waals surface area (Å²) in [4.78, 5) is 13.4. The third-order valence-electron chi connectivity index (χ3n) is 3.62. The first-order chi connectivity index (χ1) is 11.8. The van der Waals surface area contributed by atoms with Gasteiger partial charge in [0, 0.05) is 30.6 Å². The third-order valence-corrected chi connectivity index (χ3v) is 4.64. The predicted octanol–water partition coefficient (Wildman–Crippen LogP) is 2.79. The van der Waals surface area contributed by atoms with Gasteiger partial charge in [-0.05, 0) is 6.07 Å². The molecule has 1 aliphatic heterocycles. The molecule has 8 heteroatoms. The molecule has 0 atom stereocenters. The van der Waals surface area contributed by atoms with E-state index in [1.54, 1.807) is 17.4 Å². The van der Waals surface area contributed by atoms with E-state index < -0.39 is 0 Å². The maximum Gasteiger partial charge on any atom is 0.185 e. The molecule has 0 spiro atoms. The third kappa shape index (κ3) is 3.55. The zero-order chi connectivity index (χ0) is 16.9. The summed E-state index contributed by atoms with van der Waals surface area (Å²) >= 11 is 1.64. The summed E-state index contributed by atoms with van der Waals surface area (Å²) in [5, 5.41) is 4.77. The predicted molar refractivity (Wildman–Crippen MR) is 94.8 cm³/mol. The number of hydrogen-bond donors (Lipinski definition) is 1. The molecule has 1 fully saturated rings. The Morgan fingerprint density at radius 3 is 2.75 bits per heavy atom. The molecular formula is C16H21N5O2S. The zero-order valence-corrected chi connectivity index (χ0v) is 14.7. The fourth-order valence-corrected chi connectivity index (χ4v) is 3.57. The SMILES string of the molecule is CC.Nc1nc(-c2ccon2)nc2sc(CN3CCOCC3)cc12. The quantitative estimate of drug-likeness (QED) is 0.779. The molecule has 0 radical (unpaired) electrons. The second kappa shape index (κ2) is 7.69. The Balaban J connectivity index is 0.000000815. The van der Waals surface area contributed by atoms with E-state index in [1.165, 1.54) is 11.1 Å². The van der Waals surface area contributed by atoms with Crippen molar-refractivity contribution in [2.24, 2.45) is 0 Å². The Morgan fingerprint density at radius 1 is 1.25 bits per heavy atom. The Morgan fingerprint density at radius 2 is 2.04 bits per heavy atom. The van der Waals surface area contributed by atoms with Crippen molar-refractivity contribution in [2.45, 2.75) is 20.4 Å². The largest absolute Gasteiger partial charge is 0.383 e. The van der Waals surface area contributed by atoms with E-state index in [9.17, 15) is 0 Å². The molecule has 3 aromatic rings. The maximum absolute atomic E-state index is 6.07. The molecule has 0 saturated carbocycles. The highest BCUT2D eigenvalue weighted by molar-refractivity contribution is 7.18. The van der Waals surface area contributed by atoms with Crippen molar-refractivity contribution in [3.8, 4) is 11.5 Å². The first-order valence-electron chi connectivity index (χ1n) is 8.06. The molecule has 7 nitrogen and oxygen atoms in total. The first kappa shape index (κ1) is 16.8. The molecular weight excluding hydrogens is 326 g/mol. The van der Waals surface area contributed by atoms with Crippen LogP contribution in [0.25, 0.3) is 21.7 Å². The highest BCUT2D eigenvalue weighted by Crippen LogP contribution is 2.30. The molecule has 0 amide bonds. The van der Waals surface area contributed by atoms with E-state index in [4.69, 9.17) is 15.0 Å². The summed E-state index contributed by atoms with van der Waals surface area (Å²) in [6.07, 6.45) is 1.50. The van der Waals surface area contributed by atoms with Gasteiger partial charge >= 0.3 is 0 Å². The van der Waals surface area contributed by atoms with Gasteiger partial charge in [-0.15, -0.1) is 11.3 Å². The second-order valence-electron chi connectivity index (χ2n) is 5.14. The van der Waals surface area contributed by atoms with Crippen molar-refractivity contribution < 1.29 is 9.26 Å². The number of nitrogens with zero attached hydrogens (tertiary/aromatic N) is 4. The zero-order valence-electron chi connectivity index (χ0n) is 13.9. The topological polar surface area (TPSA) is 90.3 Å². The van der Waals surface area contributed by atoms with Gasteiger partial charge in [0.2, 0.25) is 0 Å². The maximum atomic E-state index is 6.07. The molecule has 128 valence electrons. The fraction of sp³-hybridized carbons (Fsp3) is 0.438. The van der Waals surface area contributed by atoms with Gasteiger partial charge in [0.25, 0.3) is 0 Å². The number of rotatable bonds is 3. The van der Waals surface area contributed by atoms with Gasteiger partial charge in [-0.2, -0.15) is 0 Å². The summed E-state index contributed by atoms with van der Waals surface area (Å²) < 4.78 is 10.2. The number of thiophene rings is 1. The van der Waals surface area contributed by atoms with E-state index in [2.05, 4.69) is 26.1 Å². The van der Waals surface area contributed by atoms with Crippen molar-refractivity contribution in [3.05, 3.63) is 23.3 Å². The summed E-state index contributed by atoms with van der Waals surface area (Å²) in [5.74, 6) is 0.978. The van der Waals surface area contributed by atoms with Gasteiger partial charge in [0.05, 0.1) is 18.6 Å². The Kier molecular flexibility index (Phi) is 5.39. The average Bonchev–Trinajstić information content (AvgIpc) is 3.27. The lowest BCUT2D eigenvalue weighted by atomic mass is 10.3. The van der Waals surface area contributed by atoms with Crippen LogP contribution in [0.3, 0.4) is 0 Å². The Bertz CT molecular complexity index is 781. The van der Waals surface area contributed by atoms with Crippen LogP contribution in [0.4, 0.5) is 5.82 Å². The molecule has 3 aromatic heterocycles. The minimum atomic E-state index is 0.479. The lowest BCUT2D eigenvalue weighted by molar-refractivity contribution is 0.0346. The summed E-state index contributed by atoms with van der Waals surface area (Å²) in [7, 11) is 0. The lowest BCUT2D eigenvalue weighted by Gasteiger charge is -2.25.